The van der Waals surface area contributed by atoms with Gasteiger partial charge >= 0.3 is 0 Å². The standard InChI is InChI=1S/C14H20N2OS/c1-2-12-10-16(8-9-18-12)13(14(15)17)11-6-4-3-5-7-11/h3-7,12-13H,2,8-10H2,1H3,(H2,15,17)/t12-,13-/m1/s1. The Morgan fingerprint density at radius 2 is 2.22 bits per heavy atom. The van der Waals surface area contributed by atoms with Gasteiger partial charge in [0.25, 0.3) is 0 Å². The largest absolute Gasteiger partial charge is 0.368 e. The van der Waals surface area contributed by atoms with Crippen LogP contribution in [0.15, 0.2) is 30.3 Å². The second kappa shape index (κ2) is 6.25. The number of hydrogen-bond donors (Lipinski definition) is 1. The summed E-state index contributed by atoms with van der Waals surface area (Å²) >= 11 is 2.00. The molecule has 2 rings (SSSR count). The Hall–Kier alpha value is -1.00. The van der Waals surface area contributed by atoms with Crippen molar-refractivity contribution in [1.82, 2.24) is 4.90 Å². The Kier molecular flexibility index (Phi) is 4.66. The van der Waals surface area contributed by atoms with Crippen LogP contribution >= 0.6 is 11.8 Å². The zero-order chi connectivity index (χ0) is 13.0. The fourth-order valence-corrected chi connectivity index (χ4v) is 3.62. The monoisotopic (exact) mass is 264 g/mol. The number of benzene rings is 1. The molecule has 1 aliphatic heterocycles. The lowest BCUT2D eigenvalue weighted by atomic mass is 10.0. The molecule has 0 aromatic heterocycles. The molecule has 0 aliphatic carbocycles. The summed E-state index contributed by atoms with van der Waals surface area (Å²) in [6, 6.07) is 9.57. The lowest BCUT2D eigenvalue weighted by Crippen LogP contribution is -2.45. The number of rotatable bonds is 4. The van der Waals surface area contributed by atoms with Crippen LogP contribution in [-0.4, -0.2) is 34.9 Å². The molecule has 3 nitrogen and oxygen atoms in total. The summed E-state index contributed by atoms with van der Waals surface area (Å²) in [4.78, 5) is 14.0. The first-order chi connectivity index (χ1) is 8.72. The highest BCUT2D eigenvalue weighted by Crippen LogP contribution is 2.28. The van der Waals surface area contributed by atoms with E-state index in [0.29, 0.717) is 5.25 Å². The third kappa shape index (κ3) is 3.06. The molecular weight excluding hydrogens is 244 g/mol. The normalized spacial score (nSPS) is 22.6. The molecule has 4 heteroatoms. The van der Waals surface area contributed by atoms with E-state index in [2.05, 4.69) is 11.8 Å². The summed E-state index contributed by atoms with van der Waals surface area (Å²) < 4.78 is 0. The number of nitrogens with zero attached hydrogens (tertiary/aromatic N) is 1. The first kappa shape index (κ1) is 13.4. The number of carbonyl (C=O) groups is 1. The fourth-order valence-electron chi connectivity index (χ4n) is 2.41. The van der Waals surface area contributed by atoms with E-state index in [-0.39, 0.29) is 11.9 Å². The molecule has 2 atom stereocenters. The number of hydrogen-bond acceptors (Lipinski definition) is 3. The van der Waals surface area contributed by atoms with Crippen molar-refractivity contribution >= 4 is 17.7 Å². The predicted octanol–water partition coefficient (Wildman–Crippen LogP) is 2.04. The molecule has 0 bridgehead atoms. The second-order valence-electron chi connectivity index (χ2n) is 4.61. The number of primary amides is 1. The highest BCUT2D eigenvalue weighted by Gasteiger charge is 2.29. The molecule has 1 fully saturated rings. The molecule has 0 saturated carbocycles. The third-order valence-corrected chi connectivity index (χ3v) is 4.75. The van der Waals surface area contributed by atoms with Gasteiger partial charge in [-0.25, -0.2) is 0 Å². The van der Waals surface area contributed by atoms with E-state index in [0.717, 1.165) is 30.8 Å². The lowest BCUT2D eigenvalue weighted by Gasteiger charge is -2.36. The van der Waals surface area contributed by atoms with Gasteiger partial charge in [-0.2, -0.15) is 11.8 Å². The van der Waals surface area contributed by atoms with Crippen LogP contribution < -0.4 is 5.73 Å². The maximum absolute atomic E-state index is 11.8. The topological polar surface area (TPSA) is 46.3 Å². The molecule has 0 radical (unpaired) electrons. The van der Waals surface area contributed by atoms with Crippen molar-refractivity contribution in [2.75, 3.05) is 18.8 Å². The number of carbonyl (C=O) groups excluding carboxylic acids is 1. The van der Waals surface area contributed by atoms with Gasteiger partial charge in [0.15, 0.2) is 0 Å². The minimum atomic E-state index is -0.277. The van der Waals surface area contributed by atoms with Crippen LogP contribution in [0.3, 0.4) is 0 Å². The van der Waals surface area contributed by atoms with Crippen molar-refractivity contribution in [1.29, 1.82) is 0 Å². The number of nitrogens with two attached hydrogens (primary N) is 1. The van der Waals surface area contributed by atoms with E-state index >= 15 is 0 Å². The van der Waals surface area contributed by atoms with Gasteiger partial charge in [-0.15, -0.1) is 0 Å². The third-order valence-electron chi connectivity index (χ3n) is 3.38. The molecule has 2 N–H and O–H groups in total. The van der Waals surface area contributed by atoms with E-state index in [1.54, 1.807) is 0 Å². The second-order valence-corrected chi connectivity index (χ2v) is 6.02. The zero-order valence-corrected chi connectivity index (χ0v) is 11.5. The Balaban J connectivity index is 2.18. The maximum Gasteiger partial charge on any atom is 0.239 e. The fraction of sp³-hybridized carbons (Fsp3) is 0.500. The summed E-state index contributed by atoms with van der Waals surface area (Å²) in [5.74, 6) is 0.831. The van der Waals surface area contributed by atoms with Crippen LogP contribution in [0.5, 0.6) is 0 Å². The summed E-state index contributed by atoms with van der Waals surface area (Å²) in [6.07, 6.45) is 1.14. The van der Waals surface area contributed by atoms with Gasteiger partial charge in [0, 0.05) is 24.1 Å². The average molecular weight is 264 g/mol. The van der Waals surface area contributed by atoms with E-state index in [4.69, 9.17) is 5.73 Å². The van der Waals surface area contributed by atoms with Gasteiger partial charge in [-0.1, -0.05) is 37.3 Å². The van der Waals surface area contributed by atoms with E-state index in [1.165, 1.54) is 0 Å². The molecule has 98 valence electrons. The molecule has 1 aromatic carbocycles. The average Bonchev–Trinajstić information content (AvgIpc) is 2.40. The molecule has 1 heterocycles. The van der Waals surface area contributed by atoms with E-state index in [1.807, 2.05) is 42.1 Å². The molecule has 18 heavy (non-hydrogen) atoms. The highest BCUT2D eigenvalue weighted by atomic mass is 32.2. The van der Waals surface area contributed by atoms with Crippen LogP contribution in [0.1, 0.15) is 24.9 Å². The Morgan fingerprint density at radius 1 is 1.50 bits per heavy atom. The smallest absolute Gasteiger partial charge is 0.239 e. The van der Waals surface area contributed by atoms with Crippen molar-refractivity contribution in [2.24, 2.45) is 5.73 Å². The molecule has 1 aliphatic rings. The maximum atomic E-state index is 11.8. The summed E-state index contributed by atoms with van der Waals surface area (Å²) in [5.41, 5.74) is 6.61. The summed E-state index contributed by atoms with van der Waals surface area (Å²) in [6.45, 7) is 4.08. The van der Waals surface area contributed by atoms with Crippen molar-refractivity contribution < 1.29 is 4.79 Å². The Bertz CT molecular complexity index is 396. The van der Waals surface area contributed by atoms with Gasteiger partial charge in [0.05, 0.1) is 0 Å². The molecular formula is C14H20N2OS. The van der Waals surface area contributed by atoms with Crippen molar-refractivity contribution in [3.8, 4) is 0 Å². The number of thioether (sulfide) groups is 1. The zero-order valence-electron chi connectivity index (χ0n) is 10.7. The van der Waals surface area contributed by atoms with Crippen molar-refractivity contribution in [2.45, 2.75) is 24.6 Å². The van der Waals surface area contributed by atoms with Crippen molar-refractivity contribution in [3.05, 3.63) is 35.9 Å². The molecule has 1 aromatic rings. The van der Waals surface area contributed by atoms with Gasteiger partial charge in [-0.05, 0) is 12.0 Å². The first-order valence-corrected chi connectivity index (χ1v) is 7.47. The van der Waals surface area contributed by atoms with Crippen LogP contribution in [0.25, 0.3) is 0 Å². The van der Waals surface area contributed by atoms with E-state index < -0.39 is 0 Å². The van der Waals surface area contributed by atoms with Crippen LogP contribution in [0.2, 0.25) is 0 Å². The van der Waals surface area contributed by atoms with Crippen LogP contribution in [-0.2, 0) is 4.79 Å². The highest BCUT2D eigenvalue weighted by molar-refractivity contribution is 8.00. The Labute approximate surface area is 113 Å². The first-order valence-electron chi connectivity index (χ1n) is 6.42. The molecule has 1 amide bonds. The van der Waals surface area contributed by atoms with Gasteiger partial charge in [-0.3, -0.25) is 9.69 Å². The minimum Gasteiger partial charge on any atom is -0.368 e. The predicted molar refractivity (Wildman–Crippen MR) is 76.5 cm³/mol. The van der Waals surface area contributed by atoms with Crippen LogP contribution in [0.4, 0.5) is 0 Å². The minimum absolute atomic E-state index is 0.247. The van der Waals surface area contributed by atoms with Crippen LogP contribution in [0, 0.1) is 0 Å². The lowest BCUT2D eigenvalue weighted by molar-refractivity contribution is -0.123. The van der Waals surface area contributed by atoms with Gasteiger partial charge < -0.3 is 5.73 Å². The van der Waals surface area contributed by atoms with Crippen molar-refractivity contribution in [3.63, 3.8) is 0 Å². The van der Waals surface area contributed by atoms with E-state index in [9.17, 15) is 4.79 Å². The molecule has 0 spiro atoms. The van der Waals surface area contributed by atoms with Gasteiger partial charge in [0.2, 0.25) is 5.91 Å². The quantitative estimate of drug-likeness (QED) is 0.905. The Morgan fingerprint density at radius 3 is 2.83 bits per heavy atom. The summed E-state index contributed by atoms with van der Waals surface area (Å²) in [5, 5.41) is 0.615. The van der Waals surface area contributed by atoms with Gasteiger partial charge in [0.1, 0.15) is 6.04 Å². The number of amides is 1. The molecule has 0 unspecified atom stereocenters. The molecule has 1 saturated heterocycles. The summed E-state index contributed by atoms with van der Waals surface area (Å²) in [7, 11) is 0. The SMILES string of the molecule is CC[C@@H]1CN([C@@H](C(N)=O)c2ccccc2)CCS1.